The fraction of sp³-hybridized carbons (Fsp3) is 0.500. The first-order chi connectivity index (χ1) is 10.2. The maximum absolute atomic E-state index is 12.1. The van der Waals surface area contributed by atoms with Crippen LogP contribution in [0, 0.1) is 0 Å². The lowest BCUT2D eigenvalue weighted by atomic mass is 9.95. The number of carbonyl (C=O) groups is 2. The molecule has 2 rings (SSSR count). The highest BCUT2D eigenvalue weighted by Crippen LogP contribution is 2.18. The van der Waals surface area contributed by atoms with E-state index in [1.165, 1.54) is 19.3 Å². The number of carbonyl (C=O) groups excluding carboxylic acids is 2. The summed E-state index contributed by atoms with van der Waals surface area (Å²) in [5, 5.41) is 5.81. The molecular formula is C16H23N3O2. The van der Waals surface area contributed by atoms with Crippen molar-refractivity contribution in [2.24, 2.45) is 5.73 Å². The fourth-order valence-corrected chi connectivity index (χ4v) is 2.58. The monoisotopic (exact) mass is 289 g/mol. The lowest BCUT2D eigenvalue weighted by Crippen LogP contribution is -2.36. The highest BCUT2D eigenvalue weighted by atomic mass is 16.2. The number of hydrogen-bond acceptors (Lipinski definition) is 3. The Hall–Kier alpha value is -1.88. The maximum Gasteiger partial charge on any atom is 0.251 e. The first-order valence-corrected chi connectivity index (χ1v) is 7.60. The van der Waals surface area contributed by atoms with E-state index in [2.05, 4.69) is 10.6 Å². The predicted molar refractivity (Wildman–Crippen MR) is 83.1 cm³/mol. The van der Waals surface area contributed by atoms with Crippen LogP contribution in [-0.4, -0.2) is 24.4 Å². The summed E-state index contributed by atoms with van der Waals surface area (Å²) in [6, 6.07) is 7.25. The van der Waals surface area contributed by atoms with Crippen molar-refractivity contribution in [2.45, 2.75) is 44.6 Å². The summed E-state index contributed by atoms with van der Waals surface area (Å²) in [4.78, 5) is 23.6. The Morgan fingerprint density at radius 3 is 2.38 bits per heavy atom. The molecule has 0 bridgehead atoms. The molecule has 114 valence electrons. The van der Waals surface area contributed by atoms with E-state index in [0.29, 0.717) is 30.3 Å². The van der Waals surface area contributed by atoms with Gasteiger partial charge in [0.25, 0.3) is 5.91 Å². The van der Waals surface area contributed by atoms with E-state index in [4.69, 9.17) is 5.73 Å². The van der Waals surface area contributed by atoms with Crippen LogP contribution < -0.4 is 16.4 Å². The first kappa shape index (κ1) is 15.5. The Balaban J connectivity index is 1.88. The Morgan fingerprint density at radius 1 is 1.10 bits per heavy atom. The molecule has 0 saturated heterocycles. The molecule has 1 fully saturated rings. The standard InChI is InChI=1S/C16H23N3O2/c17-11-10-15(20)18-14-8-6-12(7-9-14)16(21)19-13-4-2-1-3-5-13/h6-9,13H,1-5,10-11,17H2,(H,18,20)(H,19,21). The van der Waals surface area contributed by atoms with E-state index in [-0.39, 0.29) is 11.8 Å². The second kappa shape index (κ2) is 7.78. The van der Waals surface area contributed by atoms with Gasteiger partial charge in [0.1, 0.15) is 0 Å². The Bertz CT molecular complexity index is 479. The van der Waals surface area contributed by atoms with Gasteiger partial charge in [-0.1, -0.05) is 19.3 Å². The van der Waals surface area contributed by atoms with Crippen LogP contribution in [0.1, 0.15) is 48.9 Å². The molecule has 1 saturated carbocycles. The number of nitrogens with one attached hydrogen (secondary N) is 2. The third-order valence-electron chi connectivity index (χ3n) is 3.74. The minimum absolute atomic E-state index is 0.0401. The van der Waals surface area contributed by atoms with Crippen molar-refractivity contribution in [3.05, 3.63) is 29.8 Å². The van der Waals surface area contributed by atoms with Gasteiger partial charge in [0.05, 0.1) is 0 Å². The number of nitrogens with two attached hydrogens (primary N) is 1. The molecule has 0 aliphatic heterocycles. The van der Waals surface area contributed by atoms with Gasteiger partial charge >= 0.3 is 0 Å². The van der Waals surface area contributed by atoms with Gasteiger partial charge in [0, 0.05) is 30.3 Å². The number of amides is 2. The van der Waals surface area contributed by atoms with Crippen LogP contribution in [0.3, 0.4) is 0 Å². The predicted octanol–water partition coefficient (Wildman–Crippen LogP) is 2.04. The van der Waals surface area contributed by atoms with Crippen molar-refractivity contribution >= 4 is 17.5 Å². The van der Waals surface area contributed by atoms with Crippen molar-refractivity contribution in [1.29, 1.82) is 0 Å². The number of rotatable bonds is 5. The summed E-state index contributed by atoms with van der Waals surface area (Å²) < 4.78 is 0. The van der Waals surface area contributed by atoms with Crippen LogP contribution in [-0.2, 0) is 4.79 Å². The van der Waals surface area contributed by atoms with E-state index >= 15 is 0 Å². The molecule has 0 radical (unpaired) electrons. The second-order valence-corrected chi connectivity index (χ2v) is 5.47. The molecule has 1 aromatic carbocycles. The van der Waals surface area contributed by atoms with Crippen LogP contribution >= 0.6 is 0 Å². The van der Waals surface area contributed by atoms with E-state index in [9.17, 15) is 9.59 Å². The summed E-state index contributed by atoms with van der Waals surface area (Å²) in [7, 11) is 0. The molecule has 0 aromatic heterocycles. The van der Waals surface area contributed by atoms with Gasteiger partial charge < -0.3 is 16.4 Å². The van der Waals surface area contributed by atoms with Gasteiger partial charge in [0.15, 0.2) is 0 Å². The van der Waals surface area contributed by atoms with E-state index in [0.717, 1.165) is 12.8 Å². The summed E-state index contributed by atoms with van der Waals surface area (Å²) >= 11 is 0. The minimum Gasteiger partial charge on any atom is -0.349 e. The van der Waals surface area contributed by atoms with Crippen LogP contribution in [0.5, 0.6) is 0 Å². The zero-order chi connectivity index (χ0) is 15.1. The zero-order valence-electron chi connectivity index (χ0n) is 12.2. The van der Waals surface area contributed by atoms with E-state index in [1.54, 1.807) is 24.3 Å². The zero-order valence-corrected chi connectivity index (χ0v) is 12.2. The minimum atomic E-state index is -0.114. The SMILES string of the molecule is NCCC(=O)Nc1ccc(C(=O)NC2CCCCC2)cc1. The number of anilines is 1. The van der Waals surface area contributed by atoms with Crippen molar-refractivity contribution in [3.8, 4) is 0 Å². The van der Waals surface area contributed by atoms with Crippen LogP contribution in [0.25, 0.3) is 0 Å². The Kier molecular flexibility index (Phi) is 5.75. The van der Waals surface area contributed by atoms with Gasteiger partial charge in [0.2, 0.25) is 5.91 Å². The molecule has 0 unspecified atom stereocenters. The molecule has 4 N–H and O–H groups in total. The molecule has 1 aliphatic carbocycles. The lowest BCUT2D eigenvalue weighted by Gasteiger charge is -2.22. The average Bonchev–Trinajstić information content (AvgIpc) is 2.49. The van der Waals surface area contributed by atoms with E-state index < -0.39 is 0 Å². The topological polar surface area (TPSA) is 84.2 Å². The Labute approximate surface area is 125 Å². The van der Waals surface area contributed by atoms with Gasteiger partial charge in [-0.25, -0.2) is 0 Å². The van der Waals surface area contributed by atoms with Crippen LogP contribution in [0.4, 0.5) is 5.69 Å². The third-order valence-corrected chi connectivity index (χ3v) is 3.74. The molecule has 5 nitrogen and oxygen atoms in total. The van der Waals surface area contributed by atoms with Crippen molar-refractivity contribution in [2.75, 3.05) is 11.9 Å². The van der Waals surface area contributed by atoms with Gasteiger partial charge in [-0.3, -0.25) is 9.59 Å². The average molecular weight is 289 g/mol. The smallest absolute Gasteiger partial charge is 0.251 e. The van der Waals surface area contributed by atoms with Crippen molar-refractivity contribution in [1.82, 2.24) is 5.32 Å². The van der Waals surface area contributed by atoms with Crippen molar-refractivity contribution in [3.63, 3.8) is 0 Å². The van der Waals surface area contributed by atoms with Gasteiger partial charge in [-0.15, -0.1) is 0 Å². The first-order valence-electron chi connectivity index (χ1n) is 7.60. The second-order valence-electron chi connectivity index (χ2n) is 5.47. The number of hydrogen-bond donors (Lipinski definition) is 3. The molecule has 0 heterocycles. The highest BCUT2D eigenvalue weighted by molar-refractivity contribution is 5.96. The molecule has 5 heteroatoms. The molecule has 21 heavy (non-hydrogen) atoms. The van der Waals surface area contributed by atoms with Gasteiger partial charge in [-0.2, -0.15) is 0 Å². The summed E-state index contributed by atoms with van der Waals surface area (Å²) in [6.45, 7) is 0.327. The molecule has 0 spiro atoms. The van der Waals surface area contributed by atoms with Gasteiger partial charge in [-0.05, 0) is 37.1 Å². The van der Waals surface area contributed by atoms with E-state index in [1.807, 2.05) is 0 Å². The molecule has 1 aromatic rings. The number of benzene rings is 1. The lowest BCUT2D eigenvalue weighted by molar-refractivity contribution is -0.116. The van der Waals surface area contributed by atoms with Crippen LogP contribution in [0.2, 0.25) is 0 Å². The molecular weight excluding hydrogens is 266 g/mol. The Morgan fingerprint density at radius 2 is 1.76 bits per heavy atom. The maximum atomic E-state index is 12.1. The molecule has 0 atom stereocenters. The summed E-state index contributed by atoms with van der Waals surface area (Å²) in [5.74, 6) is -0.154. The van der Waals surface area contributed by atoms with Crippen LogP contribution in [0.15, 0.2) is 24.3 Å². The highest BCUT2D eigenvalue weighted by Gasteiger charge is 2.16. The normalized spacial score (nSPS) is 15.5. The molecule has 2 amide bonds. The fourth-order valence-electron chi connectivity index (χ4n) is 2.58. The summed E-state index contributed by atoms with van der Waals surface area (Å²) in [6.07, 6.45) is 6.08. The summed E-state index contributed by atoms with van der Waals surface area (Å²) in [5.41, 5.74) is 6.63. The third kappa shape index (κ3) is 4.86. The molecule has 1 aliphatic rings. The largest absolute Gasteiger partial charge is 0.349 e. The van der Waals surface area contributed by atoms with Crippen molar-refractivity contribution < 1.29 is 9.59 Å². The quantitative estimate of drug-likeness (QED) is 0.775.